The van der Waals surface area contributed by atoms with Crippen LogP contribution in [0.5, 0.6) is 0 Å². The first kappa shape index (κ1) is 21.5. The molecule has 1 aromatic heterocycles. The van der Waals surface area contributed by atoms with Gasteiger partial charge in [0.05, 0.1) is 11.4 Å². The Morgan fingerprint density at radius 1 is 1.10 bits per heavy atom. The minimum absolute atomic E-state index is 0.0783. The van der Waals surface area contributed by atoms with Crippen LogP contribution in [0.3, 0.4) is 0 Å². The summed E-state index contributed by atoms with van der Waals surface area (Å²) in [6.45, 7) is 4.36. The van der Waals surface area contributed by atoms with Gasteiger partial charge >= 0.3 is 0 Å². The molecule has 0 saturated carbocycles. The molecular formula is C21H24N4O4S. The first-order chi connectivity index (χ1) is 14.4. The molecule has 1 aromatic carbocycles. The van der Waals surface area contributed by atoms with Crippen LogP contribution in [0.2, 0.25) is 0 Å². The Labute approximate surface area is 178 Å². The minimum Gasteiger partial charge on any atom is -0.343 e. The first-order valence-electron chi connectivity index (χ1n) is 9.76. The average molecular weight is 429 g/mol. The van der Waals surface area contributed by atoms with E-state index in [1.807, 2.05) is 13.8 Å². The van der Waals surface area contributed by atoms with E-state index in [-0.39, 0.29) is 12.5 Å². The van der Waals surface area contributed by atoms with Gasteiger partial charge in [-0.25, -0.2) is 0 Å². The normalized spacial score (nSPS) is 13.3. The predicted octanol–water partition coefficient (Wildman–Crippen LogP) is 1.94. The number of aryl methyl sites for hydroxylation is 2. The molecule has 0 atom stereocenters. The highest BCUT2D eigenvalue weighted by Gasteiger charge is 2.21. The van der Waals surface area contributed by atoms with E-state index in [1.165, 1.54) is 11.3 Å². The van der Waals surface area contributed by atoms with Crippen molar-refractivity contribution in [2.75, 3.05) is 18.0 Å². The van der Waals surface area contributed by atoms with Crippen molar-refractivity contribution in [3.8, 4) is 0 Å². The second-order valence-corrected chi connectivity index (χ2v) is 8.09. The van der Waals surface area contributed by atoms with Gasteiger partial charge in [0.15, 0.2) is 0 Å². The number of rotatable bonds is 6. The zero-order valence-corrected chi connectivity index (χ0v) is 17.7. The molecule has 3 N–H and O–H groups in total. The largest absolute Gasteiger partial charge is 0.343 e. The number of carbonyl (C=O) groups excluding carboxylic acids is 4. The highest BCUT2D eigenvalue weighted by molar-refractivity contribution is 7.14. The highest BCUT2D eigenvalue weighted by atomic mass is 32.1. The Hall–Kier alpha value is -3.20. The molecule has 4 amide bonds. The van der Waals surface area contributed by atoms with Crippen LogP contribution in [0.4, 0.5) is 5.69 Å². The van der Waals surface area contributed by atoms with Crippen molar-refractivity contribution in [1.82, 2.24) is 16.2 Å². The smallest absolute Gasteiger partial charge is 0.279 e. The number of nitrogens with one attached hydrogen (secondary N) is 3. The molecule has 1 aliphatic heterocycles. The summed E-state index contributed by atoms with van der Waals surface area (Å²) in [4.78, 5) is 51.4. The maximum atomic E-state index is 12.2. The van der Waals surface area contributed by atoms with E-state index in [4.69, 9.17) is 0 Å². The number of hydrogen-bond acceptors (Lipinski definition) is 5. The summed E-state index contributed by atoms with van der Waals surface area (Å²) in [6, 6.07) is 8.44. The Morgan fingerprint density at radius 3 is 2.43 bits per heavy atom. The van der Waals surface area contributed by atoms with Crippen molar-refractivity contribution in [3.05, 3.63) is 51.2 Å². The lowest BCUT2D eigenvalue weighted by atomic mass is 10.2. The fraction of sp³-hybridized carbons (Fsp3) is 0.333. The number of thiophene rings is 1. The SMILES string of the molecule is CCc1sc(C(=O)NNC(=O)CNC(=O)c2ccc(N3CCCC3=O)cc2)cc1C. The number of benzene rings is 1. The van der Waals surface area contributed by atoms with E-state index in [0.29, 0.717) is 23.4 Å². The van der Waals surface area contributed by atoms with Gasteiger partial charge in [-0.1, -0.05) is 6.92 Å². The van der Waals surface area contributed by atoms with Gasteiger partial charge in [-0.2, -0.15) is 0 Å². The lowest BCUT2D eigenvalue weighted by Gasteiger charge is -2.15. The maximum Gasteiger partial charge on any atom is 0.279 e. The summed E-state index contributed by atoms with van der Waals surface area (Å²) in [7, 11) is 0. The molecule has 8 nitrogen and oxygen atoms in total. The molecule has 1 aliphatic rings. The quantitative estimate of drug-likeness (QED) is 0.611. The fourth-order valence-electron chi connectivity index (χ4n) is 3.19. The van der Waals surface area contributed by atoms with Crippen LogP contribution in [0.1, 0.15) is 50.2 Å². The van der Waals surface area contributed by atoms with Crippen LogP contribution < -0.4 is 21.1 Å². The lowest BCUT2D eigenvalue weighted by molar-refractivity contribution is -0.121. The van der Waals surface area contributed by atoms with Crippen molar-refractivity contribution >= 4 is 40.7 Å². The van der Waals surface area contributed by atoms with Crippen molar-refractivity contribution in [3.63, 3.8) is 0 Å². The number of carbonyl (C=O) groups is 4. The molecule has 30 heavy (non-hydrogen) atoms. The van der Waals surface area contributed by atoms with Gasteiger partial charge in [-0.05, 0) is 55.7 Å². The standard InChI is InChI=1S/C21H24N4O4S/c1-3-16-13(2)11-17(30-16)21(29)24-23-18(26)12-22-20(28)14-6-8-15(9-7-14)25-10-4-5-19(25)27/h6-9,11H,3-5,10,12H2,1-2H3,(H,22,28)(H,23,26)(H,24,29). The van der Waals surface area contributed by atoms with E-state index in [9.17, 15) is 19.2 Å². The number of hydrogen-bond donors (Lipinski definition) is 3. The van der Waals surface area contributed by atoms with Gasteiger partial charge in [-0.15, -0.1) is 11.3 Å². The second kappa shape index (κ2) is 9.53. The molecule has 0 aliphatic carbocycles. The summed E-state index contributed by atoms with van der Waals surface area (Å²) in [5.41, 5.74) is 6.83. The number of anilines is 1. The third kappa shape index (κ3) is 5.04. The first-order valence-corrected chi connectivity index (χ1v) is 10.6. The molecule has 3 rings (SSSR count). The molecule has 2 aromatic rings. The Bertz CT molecular complexity index is 968. The Morgan fingerprint density at radius 2 is 1.83 bits per heavy atom. The molecule has 0 radical (unpaired) electrons. The van der Waals surface area contributed by atoms with Crippen molar-refractivity contribution in [2.24, 2.45) is 0 Å². The van der Waals surface area contributed by atoms with Crippen molar-refractivity contribution in [1.29, 1.82) is 0 Å². The number of amides is 4. The number of nitrogens with zero attached hydrogens (tertiary/aromatic N) is 1. The summed E-state index contributed by atoms with van der Waals surface area (Å²) in [5, 5.41) is 2.50. The molecule has 158 valence electrons. The average Bonchev–Trinajstić information content (AvgIpc) is 3.35. The van der Waals surface area contributed by atoms with Gasteiger partial charge in [0.1, 0.15) is 0 Å². The Kier molecular flexibility index (Phi) is 6.83. The molecule has 1 saturated heterocycles. The fourth-order valence-corrected chi connectivity index (χ4v) is 4.20. The second-order valence-electron chi connectivity index (χ2n) is 6.95. The van der Waals surface area contributed by atoms with Gasteiger partial charge in [0.2, 0.25) is 5.91 Å². The molecule has 2 heterocycles. The molecule has 0 unspecified atom stereocenters. The molecule has 9 heteroatoms. The lowest BCUT2D eigenvalue weighted by Crippen LogP contribution is -2.46. The number of hydrazine groups is 1. The predicted molar refractivity (Wildman–Crippen MR) is 114 cm³/mol. The Balaban J connectivity index is 1.45. The third-order valence-electron chi connectivity index (χ3n) is 4.81. The van der Waals surface area contributed by atoms with Gasteiger partial charge in [0, 0.05) is 29.1 Å². The monoisotopic (exact) mass is 428 g/mol. The maximum absolute atomic E-state index is 12.2. The summed E-state index contributed by atoms with van der Waals surface area (Å²) in [6.07, 6.45) is 2.22. The van der Waals surface area contributed by atoms with Crippen molar-refractivity contribution in [2.45, 2.75) is 33.1 Å². The summed E-state index contributed by atoms with van der Waals surface area (Å²) in [5.74, 6) is -1.28. The molecular weight excluding hydrogens is 404 g/mol. The van der Waals surface area contributed by atoms with E-state index in [0.717, 1.165) is 29.0 Å². The van der Waals surface area contributed by atoms with Crippen LogP contribution in [-0.2, 0) is 16.0 Å². The summed E-state index contributed by atoms with van der Waals surface area (Å²) >= 11 is 1.39. The molecule has 1 fully saturated rings. The minimum atomic E-state index is -0.542. The van der Waals surface area contributed by atoms with Crippen LogP contribution in [0, 0.1) is 6.92 Å². The summed E-state index contributed by atoms with van der Waals surface area (Å²) < 4.78 is 0. The topological polar surface area (TPSA) is 108 Å². The van der Waals surface area contributed by atoms with Gasteiger partial charge in [-0.3, -0.25) is 30.0 Å². The van der Waals surface area contributed by atoms with E-state index in [2.05, 4.69) is 16.2 Å². The molecule has 0 spiro atoms. The van der Waals surface area contributed by atoms with E-state index in [1.54, 1.807) is 35.2 Å². The van der Waals surface area contributed by atoms with Gasteiger partial charge < -0.3 is 10.2 Å². The van der Waals surface area contributed by atoms with Crippen molar-refractivity contribution < 1.29 is 19.2 Å². The van der Waals surface area contributed by atoms with E-state index < -0.39 is 17.7 Å². The highest BCUT2D eigenvalue weighted by Crippen LogP contribution is 2.22. The van der Waals surface area contributed by atoms with Crippen LogP contribution in [0.15, 0.2) is 30.3 Å². The van der Waals surface area contributed by atoms with Crippen LogP contribution in [0.25, 0.3) is 0 Å². The molecule has 0 bridgehead atoms. The zero-order chi connectivity index (χ0) is 21.7. The third-order valence-corrected chi connectivity index (χ3v) is 6.19. The zero-order valence-electron chi connectivity index (χ0n) is 16.9. The van der Waals surface area contributed by atoms with Gasteiger partial charge in [0.25, 0.3) is 17.7 Å². The van der Waals surface area contributed by atoms with Crippen LogP contribution in [-0.4, -0.2) is 36.7 Å². The van der Waals surface area contributed by atoms with E-state index >= 15 is 0 Å². The van der Waals surface area contributed by atoms with Crippen LogP contribution >= 0.6 is 11.3 Å².